The van der Waals surface area contributed by atoms with E-state index in [4.69, 9.17) is 9.47 Å². The highest BCUT2D eigenvalue weighted by atomic mass is 32.2. The van der Waals surface area contributed by atoms with Crippen LogP contribution in [-0.2, 0) is 32.5 Å². The third-order valence-electron chi connectivity index (χ3n) is 3.26. The maximum atomic E-state index is 11.5. The molecule has 1 N–H and O–H groups in total. The van der Waals surface area contributed by atoms with Gasteiger partial charge in [-0.2, -0.15) is 5.10 Å². The number of nitrogens with one attached hydrogen (secondary N) is 1. The molecule has 20 heavy (non-hydrogen) atoms. The van der Waals surface area contributed by atoms with Crippen molar-refractivity contribution in [2.24, 2.45) is 0 Å². The van der Waals surface area contributed by atoms with Crippen LogP contribution < -0.4 is 4.72 Å². The Morgan fingerprint density at radius 3 is 3.10 bits per heavy atom. The van der Waals surface area contributed by atoms with E-state index >= 15 is 0 Å². The van der Waals surface area contributed by atoms with Crippen molar-refractivity contribution in [1.29, 1.82) is 0 Å². The molecule has 0 aromatic carbocycles. The van der Waals surface area contributed by atoms with Gasteiger partial charge in [-0.1, -0.05) is 0 Å². The molecular weight excluding hydrogens is 282 g/mol. The average molecular weight is 303 g/mol. The summed E-state index contributed by atoms with van der Waals surface area (Å²) in [7, 11) is -1.57. The highest BCUT2D eigenvalue weighted by molar-refractivity contribution is 7.89. The summed E-state index contributed by atoms with van der Waals surface area (Å²) >= 11 is 0. The van der Waals surface area contributed by atoms with Crippen LogP contribution in [-0.4, -0.2) is 50.8 Å². The molecule has 2 heterocycles. The second-order valence-electron chi connectivity index (χ2n) is 4.66. The normalized spacial score (nSPS) is 19.0. The summed E-state index contributed by atoms with van der Waals surface area (Å²) in [4.78, 5) is 0. The fourth-order valence-electron chi connectivity index (χ4n) is 2.09. The van der Waals surface area contributed by atoms with Gasteiger partial charge in [-0.05, 0) is 18.9 Å². The lowest BCUT2D eigenvalue weighted by atomic mass is 10.1. The molecule has 1 atom stereocenters. The first-order chi connectivity index (χ1) is 9.55. The van der Waals surface area contributed by atoms with E-state index in [-0.39, 0.29) is 18.4 Å². The zero-order chi connectivity index (χ0) is 14.6. The molecule has 8 heteroatoms. The minimum Gasteiger partial charge on any atom is -0.383 e. The second-order valence-corrected chi connectivity index (χ2v) is 6.75. The number of rotatable bonds is 7. The Morgan fingerprint density at radius 2 is 2.40 bits per heavy atom. The van der Waals surface area contributed by atoms with Gasteiger partial charge in [0.2, 0.25) is 10.0 Å². The van der Waals surface area contributed by atoms with Crippen LogP contribution in [0, 0.1) is 0 Å². The molecule has 114 valence electrons. The van der Waals surface area contributed by atoms with Crippen molar-refractivity contribution in [2.75, 3.05) is 32.6 Å². The van der Waals surface area contributed by atoms with E-state index in [2.05, 4.69) is 9.82 Å². The van der Waals surface area contributed by atoms with Crippen molar-refractivity contribution in [1.82, 2.24) is 14.5 Å². The Balaban J connectivity index is 2.05. The van der Waals surface area contributed by atoms with E-state index in [0.717, 1.165) is 17.7 Å². The molecule has 0 fully saturated rings. The standard InChI is InChI=1S/C12H21N3O4S/c1-3-20(16,17)13-8-11-12-10(4-6-19-11)9-15(14-12)5-7-18-2/h9,11,13H,3-8H2,1-2H3/t11-/m0/s1. The van der Waals surface area contributed by atoms with Crippen LogP contribution in [0.3, 0.4) is 0 Å². The van der Waals surface area contributed by atoms with Crippen LogP contribution in [0.25, 0.3) is 0 Å². The van der Waals surface area contributed by atoms with E-state index < -0.39 is 10.0 Å². The van der Waals surface area contributed by atoms with Crippen molar-refractivity contribution in [3.05, 3.63) is 17.5 Å². The zero-order valence-electron chi connectivity index (χ0n) is 11.8. The molecule has 1 aliphatic heterocycles. The summed E-state index contributed by atoms with van der Waals surface area (Å²) in [6.45, 7) is 3.69. The Labute approximate surface area is 119 Å². The van der Waals surface area contributed by atoms with Crippen LogP contribution in [0.2, 0.25) is 0 Å². The van der Waals surface area contributed by atoms with Crippen LogP contribution in [0.1, 0.15) is 24.3 Å². The van der Waals surface area contributed by atoms with Crippen molar-refractivity contribution < 1.29 is 17.9 Å². The highest BCUT2D eigenvalue weighted by Gasteiger charge is 2.25. The topological polar surface area (TPSA) is 82.5 Å². The fourth-order valence-corrected chi connectivity index (χ4v) is 2.70. The molecule has 7 nitrogen and oxygen atoms in total. The summed E-state index contributed by atoms with van der Waals surface area (Å²) < 4.78 is 38.0. The van der Waals surface area contributed by atoms with Gasteiger partial charge in [0.05, 0.1) is 31.2 Å². The number of nitrogens with zero attached hydrogens (tertiary/aromatic N) is 2. The van der Waals surface area contributed by atoms with Gasteiger partial charge in [-0.3, -0.25) is 4.68 Å². The Morgan fingerprint density at radius 1 is 1.60 bits per heavy atom. The maximum Gasteiger partial charge on any atom is 0.211 e. The molecule has 0 spiro atoms. The molecule has 0 amide bonds. The number of hydrogen-bond donors (Lipinski definition) is 1. The van der Waals surface area contributed by atoms with Crippen LogP contribution >= 0.6 is 0 Å². The minimum absolute atomic E-state index is 0.0643. The number of hydrogen-bond acceptors (Lipinski definition) is 5. The predicted molar refractivity (Wildman–Crippen MR) is 74.0 cm³/mol. The molecule has 1 aliphatic rings. The van der Waals surface area contributed by atoms with Crippen molar-refractivity contribution in [3.63, 3.8) is 0 Å². The maximum absolute atomic E-state index is 11.5. The third-order valence-corrected chi connectivity index (χ3v) is 4.63. The monoisotopic (exact) mass is 303 g/mol. The number of aromatic nitrogens is 2. The third kappa shape index (κ3) is 3.78. The molecule has 0 unspecified atom stereocenters. The van der Waals surface area contributed by atoms with Gasteiger partial charge >= 0.3 is 0 Å². The second kappa shape index (κ2) is 6.66. The molecule has 0 radical (unpaired) electrons. The molecule has 0 aliphatic carbocycles. The largest absolute Gasteiger partial charge is 0.383 e. The molecule has 1 aromatic heterocycles. The molecular formula is C12H21N3O4S. The average Bonchev–Trinajstić information content (AvgIpc) is 2.86. The molecule has 0 bridgehead atoms. The van der Waals surface area contributed by atoms with E-state index in [0.29, 0.717) is 19.8 Å². The Hall–Kier alpha value is -0.960. The number of fused-ring (bicyclic) bond motifs is 1. The Bertz CT molecular complexity index is 541. The van der Waals surface area contributed by atoms with Crippen molar-refractivity contribution in [3.8, 4) is 0 Å². The first kappa shape index (κ1) is 15.4. The molecule has 2 rings (SSSR count). The van der Waals surface area contributed by atoms with Crippen molar-refractivity contribution >= 4 is 10.0 Å². The zero-order valence-corrected chi connectivity index (χ0v) is 12.6. The van der Waals surface area contributed by atoms with Crippen LogP contribution in [0.15, 0.2) is 6.20 Å². The summed E-state index contributed by atoms with van der Waals surface area (Å²) in [6.07, 6.45) is 2.47. The lowest BCUT2D eigenvalue weighted by Gasteiger charge is -2.22. The van der Waals surface area contributed by atoms with Gasteiger partial charge in [0.15, 0.2) is 0 Å². The lowest BCUT2D eigenvalue weighted by molar-refractivity contribution is 0.0429. The van der Waals surface area contributed by atoms with Gasteiger partial charge in [0, 0.05) is 19.9 Å². The smallest absolute Gasteiger partial charge is 0.211 e. The number of ether oxygens (including phenoxy) is 2. The van der Waals surface area contributed by atoms with E-state index in [1.165, 1.54) is 0 Å². The van der Waals surface area contributed by atoms with E-state index in [9.17, 15) is 8.42 Å². The highest BCUT2D eigenvalue weighted by Crippen LogP contribution is 2.25. The SMILES string of the molecule is CCS(=O)(=O)NC[C@@H]1OCCc2cn(CCOC)nc21. The molecule has 0 saturated heterocycles. The summed E-state index contributed by atoms with van der Waals surface area (Å²) in [5.74, 6) is 0.0643. The van der Waals surface area contributed by atoms with Gasteiger partial charge in [0.1, 0.15) is 6.10 Å². The fraction of sp³-hybridized carbons (Fsp3) is 0.750. The predicted octanol–water partition coefficient (Wildman–Crippen LogP) is 0.0826. The Kier molecular flexibility index (Phi) is 5.14. The number of sulfonamides is 1. The summed E-state index contributed by atoms with van der Waals surface area (Å²) in [5.41, 5.74) is 1.94. The first-order valence-corrected chi connectivity index (χ1v) is 8.35. The quantitative estimate of drug-likeness (QED) is 0.771. The van der Waals surface area contributed by atoms with Gasteiger partial charge in [-0.25, -0.2) is 13.1 Å². The number of methoxy groups -OCH3 is 1. The first-order valence-electron chi connectivity index (χ1n) is 6.70. The van der Waals surface area contributed by atoms with Gasteiger partial charge in [0.25, 0.3) is 0 Å². The lowest BCUT2D eigenvalue weighted by Crippen LogP contribution is -2.32. The summed E-state index contributed by atoms with van der Waals surface area (Å²) in [6, 6.07) is 0. The summed E-state index contributed by atoms with van der Waals surface area (Å²) in [5, 5.41) is 4.47. The molecule has 0 saturated carbocycles. The van der Waals surface area contributed by atoms with Crippen LogP contribution in [0.5, 0.6) is 0 Å². The molecule has 1 aromatic rings. The van der Waals surface area contributed by atoms with Crippen LogP contribution in [0.4, 0.5) is 0 Å². The van der Waals surface area contributed by atoms with Gasteiger partial charge in [-0.15, -0.1) is 0 Å². The van der Waals surface area contributed by atoms with E-state index in [1.807, 2.05) is 10.9 Å². The van der Waals surface area contributed by atoms with Crippen molar-refractivity contribution in [2.45, 2.75) is 26.0 Å². The minimum atomic E-state index is -3.21. The van der Waals surface area contributed by atoms with E-state index in [1.54, 1.807) is 14.0 Å². The van der Waals surface area contributed by atoms with Gasteiger partial charge < -0.3 is 9.47 Å².